The fourth-order valence-corrected chi connectivity index (χ4v) is 5.17. The molecule has 0 radical (unpaired) electrons. The SMILES string of the molecule is Cc1ccc(NS(=O)(=O)c2cc(C(=O)N(Cc3ccccc3)Cc3ccccc3)ccc2C)cc1. The van der Waals surface area contributed by atoms with Crippen molar-refractivity contribution in [2.24, 2.45) is 0 Å². The highest BCUT2D eigenvalue weighted by molar-refractivity contribution is 7.92. The Kier molecular flexibility index (Phi) is 7.32. The molecular weight excluding hydrogens is 456 g/mol. The quantitative estimate of drug-likeness (QED) is 0.336. The molecule has 5 nitrogen and oxygen atoms in total. The Hall–Kier alpha value is -3.90. The molecule has 0 spiro atoms. The van der Waals surface area contributed by atoms with Gasteiger partial charge in [0.05, 0.1) is 4.90 Å². The summed E-state index contributed by atoms with van der Waals surface area (Å²) in [4.78, 5) is 15.5. The van der Waals surface area contributed by atoms with Gasteiger partial charge in [-0.3, -0.25) is 9.52 Å². The van der Waals surface area contributed by atoms with Gasteiger partial charge in [-0.05, 0) is 54.8 Å². The summed E-state index contributed by atoms with van der Waals surface area (Å²) in [5.41, 5.74) is 4.40. The van der Waals surface area contributed by atoms with Crippen molar-refractivity contribution >= 4 is 21.6 Å². The number of anilines is 1. The zero-order valence-electron chi connectivity index (χ0n) is 19.8. The summed E-state index contributed by atoms with van der Waals surface area (Å²) in [5.74, 6) is -0.232. The highest BCUT2D eigenvalue weighted by atomic mass is 32.2. The van der Waals surface area contributed by atoms with Gasteiger partial charge < -0.3 is 4.90 Å². The van der Waals surface area contributed by atoms with Crippen LogP contribution in [0, 0.1) is 13.8 Å². The first-order valence-corrected chi connectivity index (χ1v) is 12.9. The summed E-state index contributed by atoms with van der Waals surface area (Å²) in [6, 6.07) is 31.5. The first kappa shape index (κ1) is 24.2. The lowest BCUT2D eigenvalue weighted by Gasteiger charge is -2.24. The molecule has 0 unspecified atom stereocenters. The minimum atomic E-state index is -3.88. The van der Waals surface area contributed by atoms with Crippen LogP contribution < -0.4 is 4.72 Å². The van der Waals surface area contributed by atoms with Gasteiger partial charge in [0.25, 0.3) is 15.9 Å². The Bertz CT molecular complexity index is 1360. The number of carbonyl (C=O) groups excluding carboxylic acids is 1. The van der Waals surface area contributed by atoms with Crippen molar-refractivity contribution in [2.45, 2.75) is 31.8 Å². The normalized spacial score (nSPS) is 11.1. The number of aryl methyl sites for hydroxylation is 2. The Labute approximate surface area is 207 Å². The van der Waals surface area contributed by atoms with Crippen LogP contribution in [0.2, 0.25) is 0 Å². The molecule has 1 amide bonds. The summed E-state index contributed by atoms with van der Waals surface area (Å²) < 4.78 is 29.0. The maximum Gasteiger partial charge on any atom is 0.262 e. The lowest BCUT2D eigenvalue weighted by molar-refractivity contribution is 0.0729. The molecule has 178 valence electrons. The van der Waals surface area contributed by atoms with Gasteiger partial charge in [-0.25, -0.2) is 8.42 Å². The number of nitrogens with zero attached hydrogens (tertiary/aromatic N) is 1. The van der Waals surface area contributed by atoms with E-state index in [4.69, 9.17) is 0 Å². The second-order valence-corrected chi connectivity index (χ2v) is 10.2. The topological polar surface area (TPSA) is 66.5 Å². The molecule has 0 aliphatic carbocycles. The van der Waals surface area contributed by atoms with Gasteiger partial charge in [0, 0.05) is 24.3 Å². The Balaban J connectivity index is 1.65. The van der Waals surface area contributed by atoms with Crippen molar-refractivity contribution in [1.82, 2.24) is 4.90 Å². The van der Waals surface area contributed by atoms with Crippen molar-refractivity contribution < 1.29 is 13.2 Å². The number of amides is 1. The third kappa shape index (κ3) is 6.16. The molecule has 35 heavy (non-hydrogen) atoms. The van der Waals surface area contributed by atoms with Crippen LogP contribution in [-0.2, 0) is 23.1 Å². The van der Waals surface area contributed by atoms with E-state index in [0.29, 0.717) is 29.9 Å². The molecule has 4 rings (SSSR count). The van der Waals surface area contributed by atoms with E-state index in [0.717, 1.165) is 16.7 Å². The van der Waals surface area contributed by atoms with E-state index in [2.05, 4.69) is 4.72 Å². The molecule has 4 aromatic carbocycles. The minimum absolute atomic E-state index is 0.0864. The third-order valence-electron chi connectivity index (χ3n) is 5.75. The monoisotopic (exact) mass is 484 g/mol. The Morgan fingerprint density at radius 3 is 1.83 bits per heavy atom. The number of nitrogens with one attached hydrogen (secondary N) is 1. The standard InChI is InChI=1S/C29H28N2O3S/c1-22-13-17-27(18-14-22)30-35(33,34)28-19-26(16-15-23(28)2)29(32)31(20-24-9-5-3-6-10-24)21-25-11-7-4-8-12-25/h3-19,30H,20-21H2,1-2H3. The van der Waals surface area contributed by atoms with Crippen LogP contribution >= 0.6 is 0 Å². The van der Waals surface area contributed by atoms with E-state index in [9.17, 15) is 13.2 Å². The van der Waals surface area contributed by atoms with Gasteiger partial charge in [-0.15, -0.1) is 0 Å². The van der Waals surface area contributed by atoms with Gasteiger partial charge >= 0.3 is 0 Å². The summed E-state index contributed by atoms with van der Waals surface area (Å²) in [6.45, 7) is 4.48. The van der Waals surface area contributed by atoms with Gasteiger partial charge in [-0.2, -0.15) is 0 Å². The van der Waals surface area contributed by atoms with E-state index in [1.807, 2.05) is 79.7 Å². The maximum atomic E-state index is 13.7. The molecule has 6 heteroatoms. The molecule has 0 aromatic heterocycles. The molecule has 0 aliphatic rings. The zero-order valence-corrected chi connectivity index (χ0v) is 20.6. The van der Waals surface area contributed by atoms with Gasteiger partial charge in [-0.1, -0.05) is 84.4 Å². The average Bonchev–Trinajstić information content (AvgIpc) is 2.86. The number of rotatable bonds is 8. The van der Waals surface area contributed by atoms with E-state index in [-0.39, 0.29) is 10.8 Å². The highest BCUT2D eigenvalue weighted by Gasteiger charge is 2.22. The van der Waals surface area contributed by atoms with Crippen molar-refractivity contribution in [3.8, 4) is 0 Å². The predicted molar refractivity (Wildman–Crippen MR) is 140 cm³/mol. The third-order valence-corrected chi connectivity index (χ3v) is 7.27. The smallest absolute Gasteiger partial charge is 0.262 e. The molecule has 0 aliphatic heterocycles. The molecule has 0 saturated heterocycles. The summed E-state index contributed by atoms with van der Waals surface area (Å²) in [5, 5.41) is 0. The zero-order chi connectivity index (χ0) is 24.8. The van der Waals surface area contributed by atoms with Crippen LogP contribution in [0.25, 0.3) is 0 Å². The van der Waals surface area contributed by atoms with Crippen LogP contribution in [0.15, 0.2) is 108 Å². The second-order valence-electron chi connectivity index (χ2n) is 8.58. The van der Waals surface area contributed by atoms with Crippen LogP contribution in [0.3, 0.4) is 0 Å². The average molecular weight is 485 g/mol. The van der Waals surface area contributed by atoms with Crippen molar-refractivity contribution in [1.29, 1.82) is 0 Å². The first-order chi connectivity index (χ1) is 16.8. The van der Waals surface area contributed by atoms with Gasteiger partial charge in [0.2, 0.25) is 0 Å². The molecule has 1 N–H and O–H groups in total. The summed E-state index contributed by atoms with van der Waals surface area (Å²) >= 11 is 0. The van der Waals surface area contributed by atoms with Crippen molar-refractivity contribution in [3.05, 3.63) is 131 Å². The number of hydrogen-bond donors (Lipinski definition) is 1. The second kappa shape index (κ2) is 10.6. The lowest BCUT2D eigenvalue weighted by atomic mass is 10.1. The summed E-state index contributed by atoms with van der Waals surface area (Å²) in [6.07, 6.45) is 0. The van der Waals surface area contributed by atoms with Crippen molar-refractivity contribution in [3.63, 3.8) is 0 Å². The van der Waals surface area contributed by atoms with Crippen LogP contribution in [0.5, 0.6) is 0 Å². The molecule has 0 saturated carbocycles. The number of hydrogen-bond acceptors (Lipinski definition) is 3. The van der Waals surface area contributed by atoms with E-state index >= 15 is 0 Å². The first-order valence-electron chi connectivity index (χ1n) is 11.4. The minimum Gasteiger partial charge on any atom is -0.330 e. The highest BCUT2D eigenvalue weighted by Crippen LogP contribution is 2.23. The predicted octanol–water partition coefficient (Wildman–Crippen LogP) is 5.95. The van der Waals surface area contributed by atoms with E-state index in [1.165, 1.54) is 6.07 Å². The summed E-state index contributed by atoms with van der Waals surface area (Å²) in [7, 11) is -3.88. The molecular formula is C29H28N2O3S. The largest absolute Gasteiger partial charge is 0.330 e. The van der Waals surface area contributed by atoms with Gasteiger partial charge in [0.15, 0.2) is 0 Å². The van der Waals surface area contributed by atoms with Crippen LogP contribution in [-0.4, -0.2) is 19.2 Å². The van der Waals surface area contributed by atoms with Crippen LogP contribution in [0.1, 0.15) is 32.6 Å². The molecule has 0 fully saturated rings. The Morgan fingerprint density at radius 1 is 0.743 bits per heavy atom. The van der Waals surface area contributed by atoms with E-state index < -0.39 is 10.0 Å². The number of benzene rings is 4. The fraction of sp³-hybridized carbons (Fsp3) is 0.138. The molecule has 0 atom stereocenters. The Morgan fingerprint density at radius 2 is 1.29 bits per heavy atom. The maximum absolute atomic E-state index is 13.7. The molecule has 4 aromatic rings. The molecule has 0 heterocycles. The molecule has 0 bridgehead atoms. The lowest BCUT2D eigenvalue weighted by Crippen LogP contribution is -2.30. The number of carbonyl (C=O) groups is 1. The van der Waals surface area contributed by atoms with E-state index in [1.54, 1.807) is 36.1 Å². The fourth-order valence-electron chi connectivity index (χ4n) is 3.84. The van der Waals surface area contributed by atoms with Gasteiger partial charge in [0.1, 0.15) is 0 Å². The van der Waals surface area contributed by atoms with Crippen molar-refractivity contribution in [2.75, 3.05) is 4.72 Å². The number of sulfonamides is 1. The van der Waals surface area contributed by atoms with Crippen LogP contribution in [0.4, 0.5) is 5.69 Å².